The minimum Gasteiger partial charge on any atom is -0.406 e. The molecular weight excluding hydrogens is 476 g/mol. The molecule has 144 valence electrons. The summed E-state index contributed by atoms with van der Waals surface area (Å²) in [5, 5.41) is 2.52. The van der Waals surface area contributed by atoms with Crippen LogP contribution >= 0.6 is 22.6 Å². The van der Waals surface area contributed by atoms with E-state index in [4.69, 9.17) is 0 Å². The second kappa shape index (κ2) is 8.59. The molecule has 0 aliphatic heterocycles. The van der Waals surface area contributed by atoms with Gasteiger partial charge in [0.25, 0.3) is 5.91 Å². The van der Waals surface area contributed by atoms with E-state index in [2.05, 4.69) is 32.6 Å². The molecule has 2 aromatic rings. The average Bonchev–Trinajstić information content (AvgIpc) is 2.57. The summed E-state index contributed by atoms with van der Waals surface area (Å²) in [4.78, 5) is 25.9. The lowest BCUT2D eigenvalue weighted by Crippen LogP contribution is -2.35. The zero-order chi connectivity index (χ0) is 20.2. The number of carbonyl (C=O) groups is 2. The largest absolute Gasteiger partial charge is 0.573 e. The first-order valence-electron chi connectivity index (χ1n) is 7.73. The van der Waals surface area contributed by atoms with E-state index in [1.807, 2.05) is 13.0 Å². The highest BCUT2D eigenvalue weighted by Gasteiger charge is 2.31. The van der Waals surface area contributed by atoms with Crippen molar-refractivity contribution in [2.45, 2.75) is 13.3 Å². The van der Waals surface area contributed by atoms with Crippen LogP contribution in [0.25, 0.3) is 0 Å². The molecule has 27 heavy (non-hydrogen) atoms. The minimum atomic E-state index is -4.78. The maximum absolute atomic E-state index is 12.5. The molecule has 0 saturated heterocycles. The molecule has 0 heterocycles. The molecule has 0 spiro atoms. The number of hydrogen-bond acceptors (Lipinski definition) is 3. The molecule has 2 aromatic carbocycles. The Kier molecular flexibility index (Phi) is 6.68. The summed E-state index contributed by atoms with van der Waals surface area (Å²) >= 11 is 2.08. The molecule has 0 aromatic heterocycles. The van der Waals surface area contributed by atoms with E-state index in [9.17, 15) is 22.8 Å². The van der Waals surface area contributed by atoms with Crippen LogP contribution in [0.4, 0.5) is 18.9 Å². The SMILES string of the molecule is Cc1cccc(C(=O)N(C)CC(=O)Nc2ccc(OC(F)(F)F)cc2)c1I. The molecule has 0 saturated carbocycles. The third-order valence-corrected chi connectivity index (χ3v) is 4.95. The molecule has 9 heteroatoms. The molecule has 0 aliphatic carbocycles. The second-order valence-corrected chi connectivity index (χ2v) is 6.80. The van der Waals surface area contributed by atoms with Crippen molar-refractivity contribution in [2.75, 3.05) is 18.9 Å². The number of benzene rings is 2. The van der Waals surface area contributed by atoms with Crippen molar-refractivity contribution in [3.8, 4) is 5.75 Å². The normalized spacial score (nSPS) is 11.0. The fraction of sp³-hybridized carbons (Fsp3) is 0.222. The smallest absolute Gasteiger partial charge is 0.406 e. The van der Waals surface area contributed by atoms with Crippen LogP contribution in [0.3, 0.4) is 0 Å². The fourth-order valence-electron chi connectivity index (χ4n) is 2.25. The first-order valence-corrected chi connectivity index (χ1v) is 8.81. The van der Waals surface area contributed by atoms with Crippen molar-refractivity contribution in [1.29, 1.82) is 0 Å². The minimum absolute atomic E-state index is 0.205. The number of nitrogens with one attached hydrogen (secondary N) is 1. The van der Waals surface area contributed by atoms with Gasteiger partial charge in [-0.3, -0.25) is 9.59 Å². The third-order valence-electron chi connectivity index (χ3n) is 3.52. The standard InChI is InChI=1S/C18H16F3IN2O3/c1-11-4-3-5-14(16(11)22)17(26)24(2)10-15(25)23-12-6-8-13(9-7-12)27-18(19,20)21/h3-9H,10H2,1-2H3,(H,23,25). The molecule has 0 radical (unpaired) electrons. The number of hydrogen-bond donors (Lipinski definition) is 1. The first-order chi connectivity index (χ1) is 12.6. The zero-order valence-electron chi connectivity index (χ0n) is 14.4. The van der Waals surface area contributed by atoms with Gasteiger partial charge in [-0.25, -0.2) is 0 Å². The topological polar surface area (TPSA) is 58.6 Å². The van der Waals surface area contributed by atoms with Crippen LogP contribution in [0, 0.1) is 10.5 Å². The Hall–Kier alpha value is -2.30. The van der Waals surface area contributed by atoms with Crippen molar-refractivity contribution in [2.24, 2.45) is 0 Å². The monoisotopic (exact) mass is 492 g/mol. The number of halogens is 4. The lowest BCUT2D eigenvalue weighted by atomic mass is 10.1. The van der Waals surface area contributed by atoms with E-state index in [0.717, 1.165) is 21.3 Å². The first kappa shape index (κ1) is 21.0. The molecule has 0 atom stereocenters. The number of alkyl halides is 3. The lowest BCUT2D eigenvalue weighted by Gasteiger charge is -2.18. The fourth-order valence-corrected chi connectivity index (χ4v) is 2.84. The summed E-state index contributed by atoms with van der Waals surface area (Å²) in [5.74, 6) is -1.16. The van der Waals surface area contributed by atoms with Gasteiger partial charge < -0.3 is 15.0 Å². The van der Waals surface area contributed by atoms with Crippen LogP contribution in [0.15, 0.2) is 42.5 Å². The molecular formula is C18H16F3IN2O3. The van der Waals surface area contributed by atoms with Gasteiger partial charge in [-0.1, -0.05) is 12.1 Å². The Balaban J connectivity index is 1.96. The van der Waals surface area contributed by atoms with Gasteiger partial charge in [0.2, 0.25) is 5.91 Å². The van der Waals surface area contributed by atoms with Gasteiger partial charge in [0, 0.05) is 16.3 Å². The maximum Gasteiger partial charge on any atom is 0.573 e. The lowest BCUT2D eigenvalue weighted by molar-refractivity contribution is -0.274. The van der Waals surface area contributed by atoms with Gasteiger partial charge in [0.1, 0.15) is 5.75 Å². The molecule has 5 nitrogen and oxygen atoms in total. The second-order valence-electron chi connectivity index (χ2n) is 5.72. The Bertz CT molecular complexity index is 839. The van der Waals surface area contributed by atoms with Crippen molar-refractivity contribution in [1.82, 2.24) is 4.90 Å². The van der Waals surface area contributed by atoms with Crippen LogP contribution in [-0.2, 0) is 4.79 Å². The quantitative estimate of drug-likeness (QED) is 0.637. The summed E-state index contributed by atoms with van der Waals surface area (Å²) in [6.07, 6.45) is -4.78. The van der Waals surface area contributed by atoms with Crippen LogP contribution in [0.1, 0.15) is 15.9 Å². The highest BCUT2D eigenvalue weighted by molar-refractivity contribution is 14.1. The van der Waals surface area contributed by atoms with Gasteiger partial charge in [-0.15, -0.1) is 13.2 Å². The van der Waals surface area contributed by atoms with E-state index in [1.165, 1.54) is 24.1 Å². The number of anilines is 1. The van der Waals surface area contributed by atoms with E-state index in [0.29, 0.717) is 11.3 Å². The number of nitrogens with zero attached hydrogens (tertiary/aromatic N) is 1. The molecule has 2 rings (SSSR count). The number of amides is 2. The maximum atomic E-state index is 12.5. The van der Waals surface area contributed by atoms with Crippen molar-refractivity contribution in [3.63, 3.8) is 0 Å². The predicted molar refractivity (Wildman–Crippen MR) is 103 cm³/mol. The highest BCUT2D eigenvalue weighted by Crippen LogP contribution is 2.24. The van der Waals surface area contributed by atoms with Crippen molar-refractivity contribution >= 4 is 40.1 Å². The van der Waals surface area contributed by atoms with Crippen LogP contribution < -0.4 is 10.1 Å². The molecule has 0 fully saturated rings. The predicted octanol–water partition coefficient (Wildman–Crippen LogP) is 4.21. The van der Waals surface area contributed by atoms with E-state index in [-0.39, 0.29) is 18.2 Å². The molecule has 0 aliphatic rings. The number of aryl methyl sites for hydroxylation is 1. The van der Waals surface area contributed by atoms with Crippen LogP contribution in [0.2, 0.25) is 0 Å². The summed E-state index contributed by atoms with van der Waals surface area (Å²) in [6.45, 7) is 1.68. The molecule has 0 unspecified atom stereocenters. The number of likely N-dealkylation sites (N-methyl/N-ethyl adjacent to an activating group) is 1. The molecule has 1 N–H and O–H groups in total. The van der Waals surface area contributed by atoms with E-state index < -0.39 is 12.3 Å². The number of ether oxygens (including phenoxy) is 1. The van der Waals surface area contributed by atoms with Crippen molar-refractivity contribution in [3.05, 3.63) is 57.2 Å². The highest BCUT2D eigenvalue weighted by atomic mass is 127. The Labute approximate surface area is 167 Å². The van der Waals surface area contributed by atoms with Gasteiger partial charge >= 0.3 is 6.36 Å². The van der Waals surface area contributed by atoms with Gasteiger partial charge in [0.15, 0.2) is 0 Å². The summed E-state index contributed by atoms with van der Waals surface area (Å²) < 4.78 is 41.0. The van der Waals surface area contributed by atoms with Gasteiger partial charge in [-0.2, -0.15) is 0 Å². The summed E-state index contributed by atoms with van der Waals surface area (Å²) in [7, 11) is 1.50. The Morgan fingerprint density at radius 2 is 1.78 bits per heavy atom. The zero-order valence-corrected chi connectivity index (χ0v) is 16.6. The van der Waals surface area contributed by atoms with Crippen LogP contribution in [0.5, 0.6) is 5.75 Å². The van der Waals surface area contributed by atoms with E-state index >= 15 is 0 Å². The Morgan fingerprint density at radius 3 is 2.37 bits per heavy atom. The average molecular weight is 492 g/mol. The van der Waals surface area contributed by atoms with Gasteiger partial charge in [0.05, 0.1) is 12.1 Å². The summed E-state index contributed by atoms with van der Waals surface area (Å²) in [6, 6.07) is 10.1. The number of carbonyl (C=O) groups excluding carboxylic acids is 2. The molecule has 2 amide bonds. The summed E-state index contributed by atoms with van der Waals surface area (Å²) in [5.41, 5.74) is 1.75. The Morgan fingerprint density at radius 1 is 1.15 bits per heavy atom. The third kappa shape index (κ3) is 6.12. The number of rotatable bonds is 5. The van der Waals surface area contributed by atoms with E-state index in [1.54, 1.807) is 12.1 Å². The van der Waals surface area contributed by atoms with Crippen molar-refractivity contribution < 1.29 is 27.5 Å². The molecule has 0 bridgehead atoms. The van der Waals surface area contributed by atoms with Crippen LogP contribution in [-0.4, -0.2) is 36.7 Å². The van der Waals surface area contributed by atoms with Gasteiger partial charge in [-0.05, 0) is 65.4 Å².